The molecule has 8 heteroatoms. The second kappa shape index (κ2) is 11.5. The number of hydrogen-bond acceptors (Lipinski definition) is 6. The molecule has 7 nitrogen and oxygen atoms in total. The van der Waals surface area contributed by atoms with Crippen molar-refractivity contribution in [1.29, 1.82) is 0 Å². The predicted molar refractivity (Wildman–Crippen MR) is 161 cm³/mol. The Kier molecular flexibility index (Phi) is 7.45. The van der Waals surface area contributed by atoms with E-state index >= 15 is 0 Å². The highest BCUT2D eigenvalue weighted by Gasteiger charge is 2.23. The van der Waals surface area contributed by atoms with Crippen LogP contribution in [0.3, 0.4) is 0 Å². The van der Waals surface area contributed by atoms with Gasteiger partial charge in [-0.1, -0.05) is 61.5 Å². The van der Waals surface area contributed by atoms with Gasteiger partial charge >= 0.3 is 0 Å². The van der Waals surface area contributed by atoms with Gasteiger partial charge in [-0.2, -0.15) is 9.97 Å². The molecule has 0 amide bonds. The SMILES string of the molecule is CC1CCCN(c2cc(N3CCc4ccccc4C3)nc(NC(=S)NCc3ccc(-c4ccccc4)o3)n2)C1. The number of rotatable bonds is 6. The molecule has 2 aromatic carbocycles. The van der Waals surface area contributed by atoms with E-state index in [1.807, 2.05) is 42.5 Å². The van der Waals surface area contributed by atoms with Crippen molar-refractivity contribution in [2.75, 3.05) is 34.8 Å². The van der Waals surface area contributed by atoms with E-state index in [1.165, 1.54) is 24.0 Å². The van der Waals surface area contributed by atoms with E-state index in [2.05, 4.69) is 57.7 Å². The van der Waals surface area contributed by atoms with Gasteiger partial charge < -0.3 is 24.9 Å². The summed E-state index contributed by atoms with van der Waals surface area (Å²) in [5.74, 6) is 4.69. The maximum absolute atomic E-state index is 6.01. The monoisotopic (exact) mass is 538 g/mol. The van der Waals surface area contributed by atoms with Gasteiger partial charge in [0.2, 0.25) is 5.95 Å². The highest BCUT2D eigenvalue weighted by molar-refractivity contribution is 7.80. The second-order valence-corrected chi connectivity index (χ2v) is 10.9. The third kappa shape index (κ3) is 6.06. The fourth-order valence-corrected chi connectivity index (χ4v) is 5.60. The summed E-state index contributed by atoms with van der Waals surface area (Å²) >= 11 is 5.63. The molecule has 0 bridgehead atoms. The van der Waals surface area contributed by atoms with Gasteiger partial charge in [-0.15, -0.1) is 0 Å². The van der Waals surface area contributed by atoms with E-state index in [9.17, 15) is 0 Å². The molecule has 39 heavy (non-hydrogen) atoms. The number of nitrogens with one attached hydrogen (secondary N) is 2. The molecule has 1 unspecified atom stereocenters. The molecule has 4 heterocycles. The normalized spacial score (nSPS) is 17.0. The fraction of sp³-hybridized carbons (Fsp3) is 0.323. The molecule has 0 spiro atoms. The Morgan fingerprint density at radius 1 is 0.949 bits per heavy atom. The van der Waals surface area contributed by atoms with Gasteiger partial charge in [-0.05, 0) is 60.7 Å². The minimum Gasteiger partial charge on any atom is -0.459 e. The van der Waals surface area contributed by atoms with Crippen LogP contribution in [0.5, 0.6) is 0 Å². The number of aromatic nitrogens is 2. The van der Waals surface area contributed by atoms with Crippen LogP contribution >= 0.6 is 12.2 Å². The lowest BCUT2D eigenvalue weighted by atomic mass is 10.00. The van der Waals surface area contributed by atoms with Crippen molar-refractivity contribution in [2.24, 2.45) is 5.92 Å². The first kappa shape index (κ1) is 25.4. The summed E-state index contributed by atoms with van der Waals surface area (Å²) in [5, 5.41) is 6.96. The van der Waals surface area contributed by atoms with Gasteiger partial charge in [-0.25, -0.2) is 0 Å². The highest BCUT2D eigenvalue weighted by Crippen LogP contribution is 2.29. The minimum absolute atomic E-state index is 0.465. The number of hydrogen-bond donors (Lipinski definition) is 2. The quantitative estimate of drug-likeness (QED) is 0.289. The average Bonchev–Trinajstić information content (AvgIpc) is 3.45. The van der Waals surface area contributed by atoms with Crippen molar-refractivity contribution in [1.82, 2.24) is 15.3 Å². The van der Waals surface area contributed by atoms with Crippen LogP contribution in [0.2, 0.25) is 0 Å². The molecular formula is C31H34N6OS. The molecule has 0 saturated carbocycles. The predicted octanol–water partition coefficient (Wildman–Crippen LogP) is 6.02. The zero-order chi connectivity index (χ0) is 26.6. The van der Waals surface area contributed by atoms with Gasteiger partial charge in [0.25, 0.3) is 0 Å². The zero-order valence-electron chi connectivity index (χ0n) is 22.3. The van der Waals surface area contributed by atoms with Crippen molar-refractivity contribution in [3.63, 3.8) is 0 Å². The third-order valence-electron chi connectivity index (χ3n) is 7.50. The number of benzene rings is 2. The number of piperidine rings is 1. The summed E-state index contributed by atoms with van der Waals surface area (Å²) < 4.78 is 6.01. The maximum Gasteiger partial charge on any atom is 0.232 e. The highest BCUT2D eigenvalue weighted by atomic mass is 32.1. The second-order valence-electron chi connectivity index (χ2n) is 10.5. The van der Waals surface area contributed by atoms with E-state index < -0.39 is 0 Å². The molecule has 1 fully saturated rings. The fourth-order valence-electron chi connectivity index (χ4n) is 5.43. The Labute approximate surface area is 235 Å². The van der Waals surface area contributed by atoms with Crippen LogP contribution in [-0.2, 0) is 19.5 Å². The molecule has 6 rings (SSSR count). The number of thiocarbonyl (C=S) groups is 1. The summed E-state index contributed by atoms with van der Waals surface area (Å²) in [7, 11) is 0. The summed E-state index contributed by atoms with van der Waals surface area (Å²) in [4.78, 5) is 14.5. The van der Waals surface area contributed by atoms with Crippen molar-refractivity contribution >= 4 is 34.9 Å². The molecule has 0 radical (unpaired) electrons. The van der Waals surface area contributed by atoms with Crippen molar-refractivity contribution in [3.8, 4) is 11.3 Å². The van der Waals surface area contributed by atoms with Gasteiger partial charge in [0, 0.05) is 37.8 Å². The lowest BCUT2D eigenvalue weighted by molar-refractivity contribution is 0.444. The lowest BCUT2D eigenvalue weighted by Gasteiger charge is -2.34. The summed E-state index contributed by atoms with van der Waals surface area (Å²) in [6.07, 6.45) is 3.44. The number of furan rings is 1. The van der Waals surface area contributed by atoms with Crippen LogP contribution in [0.15, 0.2) is 77.2 Å². The first-order valence-electron chi connectivity index (χ1n) is 13.8. The zero-order valence-corrected chi connectivity index (χ0v) is 23.1. The first-order valence-corrected chi connectivity index (χ1v) is 14.2. The van der Waals surface area contributed by atoms with E-state index in [0.29, 0.717) is 23.5 Å². The number of anilines is 3. The van der Waals surface area contributed by atoms with Gasteiger partial charge in [0.05, 0.1) is 6.54 Å². The van der Waals surface area contributed by atoms with Crippen molar-refractivity contribution in [3.05, 3.63) is 89.7 Å². The van der Waals surface area contributed by atoms with Crippen LogP contribution in [0.4, 0.5) is 17.6 Å². The Bertz CT molecular complexity index is 1440. The van der Waals surface area contributed by atoms with E-state index in [1.54, 1.807) is 0 Å². The smallest absolute Gasteiger partial charge is 0.232 e. The molecule has 2 aromatic heterocycles. The van der Waals surface area contributed by atoms with E-state index in [4.69, 9.17) is 26.6 Å². The van der Waals surface area contributed by atoms with Gasteiger partial charge in [-0.3, -0.25) is 0 Å². The molecule has 1 atom stereocenters. The molecular weight excluding hydrogens is 504 g/mol. The Morgan fingerprint density at radius 3 is 2.54 bits per heavy atom. The van der Waals surface area contributed by atoms with Crippen LogP contribution in [0, 0.1) is 5.92 Å². The average molecular weight is 539 g/mol. The molecule has 2 N–H and O–H groups in total. The number of fused-ring (bicyclic) bond motifs is 1. The Balaban J connectivity index is 1.18. The standard InChI is InChI=1S/C31H34N6OS/c1-22-8-7-16-36(20-22)28-18-29(37-17-15-23-9-5-6-12-25(23)21-37)34-30(33-28)35-31(39)32-19-26-13-14-27(38-26)24-10-3-2-4-11-24/h2-6,9-14,18,22H,7-8,15-17,19-21H2,1H3,(H2,32,33,34,35,39). The molecule has 1 saturated heterocycles. The number of nitrogens with zero attached hydrogens (tertiary/aromatic N) is 4. The van der Waals surface area contributed by atoms with Gasteiger partial charge in [0.15, 0.2) is 5.11 Å². The molecule has 0 aliphatic carbocycles. The maximum atomic E-state index is 6.01. The van der Waals surface area contributed by atoms with Gasteiger partial charge in [0.1, 0.15) is 23.2 Å². The van der Waals surface area contributed by atoms with Crippen LogP contribution < -0.4 is 20.4 Å². The summed E-state index contributed by atoms with van der Waals surface area (Å²) in [6, 6.07) is 24.9. The Morgan fingerprint density at radius 2 is 1.72 bits per heavy atom. The molecule has 200 valence electrons. The van der Waals surface area contributed by atoms with Crippen molar-refractivity contribution < 1.29 is 4.42 Å². The summed E-state index contributed by atoms with van der Waals surface area (Å²) in [6.45, 7) is 6.56. The molecule has 2 aliphatic rings. The summed E-state index contributed by atoms with van der Waals surface area (Å²) in [5.41, 5.74) is 3.83. The van der Waals surface area contributed by atoms with E-state index in [-0.39, 0.29) is 0 Å². The van der Waals surface area contributed by atoms with Crippen molar-refractivity contribution in [2.45, 2.75) is 39.3 Å². The molecule has 2 aliphatic heterocycles. The lowest BCUT2D eigenvalue weighted by Crippen LogP contribution is -2.36. The topological polar surface area (TPSA) is 69.5 Å². The largest absolute Gasteiger partial charge is 0.459 e. The van der Waals surface area contributed by atoms with Crippen LogP contribution in [0.1, 0.15) is 36.7 Å². The first-order chi connectivity index (χ1) is 19.1. The van der Waals surface area contributed by atoms with Crippen LogP contribution in [0.25, 0.3) is 11.3 Å². The molecule has 4 aromatic rings. The Hall–Kier alpha value is -3.91. The van der Waals surface area contributed by atoms with Crippen LogP contribution in [-0.4, -0.2) is 34.7 Å². The van der Waals surface area contributed by atoms with E-state index in [0.717, 1.165) is 61.3 Å². The third-order valence-corrected chi connectivity index (χ3v) is 7.75. The minimum atomic E-state index is 0.465.